The molecule has 0 N–H and O–H groups in total. The number of carbonyl (C=O) groups excluding carboxylic acids is 1. The standard InChI is InChI=1S/C20H19N3O5/c1-13(15-6-4-3-5-7-15)12-18(24)27-14(2)19-21-22-20(28-19)16-8-10-17(11-9-16)23(25)26/h3-11,13-14H,12H2,1-2H3/t13-,14-/m1/s1. The van der Waals surface area contributed by atoms with E-state index in [1.165, 1.54) is 24.3 Å². The van der Waals surface area contributed by atoms with Crippen molar-refractivity contribution >= 4 is 11.7 Å². The minimum Gasteiger partial charge on any atom is -0.453 e. The van der Waals surface area contributed by atoms with Crippen LogP contribution in [0.1, 0.15) is 43.7 Å². The first-order chi connectivity index (χ1) is 13.4. The van der Waals surface area contributed by atoms with E-state index >= 15 is 0 Å². The molecule has 8 heteroatoms. The zero-order valence-electron chi connectivity index (χ0n) is 15.4. The Kier molecular flexibility index (Phi) is 5.78. The van der Waals surface area contributed by atoms with Gasteiger partial charge in [-0.2, -0.15) is 0 Å². The van der Waals surface area contributed by atoms with Gasteiger partial charge in [-0.25, -0.2) is 0 Å². The zero-order chi connectivity index (χ0) is 20.1. The van der Waals surface area contributed by atoms with E-state index in [0.717, 1.165) is 5.56 Å². The molecule has 144 valence electrons. The summed E-state index contributed by atoms with van der Waals surface area (Å²) in [6.07, 6.45) is -0.465. The molecule has 0 aliphatic heterocycles. The van der Waals surface area contributed by atoms with Crippen molar-refractivity contribution in [2.45, 2.75) is 32.3 Å². The summed E-state index contributed by atoms with van der Waals surface area (Å²) in [5, 5.41) is 18.6. The van der Waals surface area contributed by atoms with Crippen LogP contribution in [-0.2, 0) is 9.53 Å². The Morgan fingerprint density at radius 1 is 1.11 bits per heavy atom. The van der Waals surface area contributed by atoms with Crippen molar-refractivity contribution in [3.8, 4) is 11.5 Å². The Labute approximate surface area is 161 Å². The van der Waals surface area contributed by atoms with Crippen molar-refractivity contribution in [3.63, 3.8) is 0 Å². The zero-order valence-corrected chi connectivity index (χ0v) is 15.4. The highest BCUT2D eigenvalue weighted by molar-refractivity contribution is 5.70. The third-order valence-electron chi connectivity index (χ3n) is 4.26. The Bertz CT molecular complexity index is 953. The summed E-state index contributed by atoms with van der Waals surface area (Å²) in [5.74, 6) is 0.0257. The molecule has 0 bridgehead atoms. The molecule has 8 nitrogen and oxygen atoms in total. The van der Waals surface area contributed by atoms with Gasteiger partial charge in [0.15, 0.2) is 6.10 Å². The quantitative estimate of drug-likeness (QED) is 0.338. The third-order valence-corrected chi connectivity index (χ3v) is 4.26. The minimum atomic E-state index is -0.699. The van der Waals surface area contributed by atoms with E-state index in [9.17, 15) is 14.9 Å². The predicted molar refractivity (Wildman–Crippen MR) is 100 cm³/mol. The molecule has 0 aliphatic carbocycles. The van der Waals surface area contributed by atoms with Crippen molar-refractivity contribution in [1.29, 1.82) is 0 Å². The molecule has 0 radical (unpaired) electrons. The summed E-state index contributed by atoms with van der Waals surface area (Å²) < 4.78 is 11.0. The van der Waals surface area contributed by atoms with Crippen LogP contribution in [0.3, 0.4) is 0 Å². The molecule has 0 aliphatic rings. The first-order valence-corrected chi connectivity index (χ1v) is 8.76. The van der Waals surface area contributed by atoms with E-state index in [2.05, 4.69) is 10.2 Å². The minimum absolute atomic E-state index is 0.0271. The molecule has 1 heterocycles. The van der Waals surface area contributed by atoms with Gasteiger partial charge in [0.1, 0.15) is 0 Å². The van der Waals surface area contributed by atoms with Gasteiger partial charge in [-0.05, 0) is 30.5 Å². The lowest BCUT2D eigenvalue weighted by atomic mass is 9.98. The van der Waals surface area contributed by atoms with Gasteiger partial charge in [-0.15, -0.1) is 10.2 Å². The fourth-order valence-corrected chi connectivity index (χ4v) is 2.69. The summed E-state index contributed by atoms with van der Waals surface area (Å²) in [6.45, 7) is 3.61. The summed E-state index contributed by atoms with van der Waals surface area (Å²) in [5.41, 5.74) is 1.57. The van der Waals surface area contributed by atoms with Crippen LogP contribution in [0, 0.1) is 10.1 Å². The van der Waals surface area contributed by atoms with Crippen LogP contribution in [0.25, 0.3) is 11.5 Å². The van der Waals surface area contributed by atoms with Crippen LogP contribution in [0.15, 0.2) is 59.0 Å². The van der Waals surface area contributed by atoms with Gasteiger partial charge in [-0.1, -0.05) is 37.3 Å². The largest absolute Gasteiger partial charge is 0.453 e. The average molecular weight is 381 g/mol. The maximum Gasteiger partial charge on any atom is 0.307 e. The normalized spacial score (nSPS) is 12.9. The topological polar surface area (TPSA) is 108 Å². The number of benzene rings is 2. The van der Waals surface area contributed by atoms with E-state index in [1.807, 2.05) is 37.3 Å². The highest BCUT2D eigenvalue weighted by atomic mass is 16.6. The number of ether oxygens (including phenoxy) is 1. The van der Waals surface area contributed by atoms with Crippen LogP contribution < -0.4 is 0 Å². The van der Waals surface area contributed by atoms with E-state index in [-0.39, 0.29) is 35.8 Å². The number of hydrogen-bond donors (Lipinski definition) is 0. The lowest BCUT2D eigenvalue weighted by Crippen LogP contribution is -2.12. The van der Waals surface area contributed by atoms with Crippen molar-refractivity contribution in [2.24, 2.45) is 0 Å². The van der Waals surface area contributed by atoms with Gasteiger partial charge in [0.25, 0.3) is 11.6 Å². The second kappa shape index (κ2) is 8.43. The molecule has 28 heavy (non-hydrogen) atoms. The number of rotatable bonds is 7. The summed E-state index contributed by atoms with van der Waals surface area (Å²) in [7, 11) is 0. The molecule has 0 saturated carbocycles. The number of non-ortho nitro benzene ring substituents is 1. The number of nitro groups is 1. The van der Waals surface area contributed by atoms with Crippen LogP contribution in [0.4, 0.5) is 5.69 Å². The maximum atomic E-state index is 12.2. The molecular weight excluding hydrogens is 362 g/mol. The molecule has 0 unspecified atom stereocenters. The number of esters is 1. The number of aromatic nitrogens is 2. The van der Waals surface area contributed by atoms with Gasteiger partial charge in [0, 0.05) is 17.7 Å². The molecule has 3 rings (SSSR count). The fraction of sp³-hybridized carbons (Fsp3) is 0.250. The molecule has 1 aromatic heterocycles. The highest BCUT2D eigenvalue weighted by Crippen LogP contribution is 2.25. The van der Waals surface area contributed by atoms with Gasteiger partial charge < -0.3 is 9.15 Å². The van der Waals surface area contributed by atoms with E-state index in [0.29, 0.717) is 5.56 Å². The second-order valence-electron chi connectivity index (χ2n) is 6.40. The predicted octanol–water partition coefficient (Wildman–Crippen LogP) is 4.44. The van der Waals surface area contributed by atoms with E-state index < -0.39 is 11.0 Å². The third kappa shape index (κ3) is 4.59. The smallest absolute Gasteiger partial charge is 0.307 e. The number of nitro benzene ring substituents is 1. The van der Waals surface area contributed by atoms with Crippen LogP contribution in [0.5, 0.6) is 0 Å². The van der Waals surface area contributed by atoms with E-state index in [4.69, 9.17) is 9.15 Å². The first kappa shape index (κ1) is 19.2. The van der Waals surface area contributed by atoms with Gasteiger partial charge >= 0.3 is 5.97 Å². The maximum absolute atomic E-state index is 12.2. The Hall–Kier alpha value is -3.55. The molecule has 3 aromatic rings. The van der Waals surface area contributed by atoms with Crippen molar-refractivity contribution in [2.75, 3.05) is 0 Å². The number of carbonyl (C=O) groups is 1. The Morgan fingerprint density at radius 3 is 2.43 bits per heavy atom. The van der Waals surface area contributed by atoms with Crippen molar-refractivity contribution in [1.82, 2.24) is 10.2 Å². The molecule has 0 spiro atoms. The summed E-state index contributed by atoms with van der Waals surface area (Å²) in [4.78, 5) is 22.4. The first-order valence-electron chi connectivity index (χ1n) is 8.76. The number of hydrogen-bond acceptors (Lipinski definition) is 7. The fourth-order valence-electron chi connectivity index (χ4n) is 2.69. The van der Waals surface area contributed by atoms with Crippen LogP contribution >= 0.6 is 0 Å². The van der Waals surface area contributed by atoms with Crippen LogP contribution in [0.2, 0.25) is 0 Å². The monoisotopic (exact) mass is 381 g/mol. The molecule has 2 atom stereocenters. The van der Waals surface area contributed by atoms with Gasteiger partial charge in [-0.3, -0.25) is 14.9 Å². The van der Waals surface area contributed by atoms with Crippen molar-refractivity contribution in [3.05, 3.63) is 76.2 Å². The van der Waals surface area contributed by atoms with E-state index in [1.54, 1.807) is 6.92 Å². The Balaban J connectivity index is 1.61. The lowest BCUT2D eigenvalue weighted by Gasteiger charge is -2.13. The van der Waals surface area contributed by atoms with Crippen molar-refractivity contribution < 1.29 is 18.9 Å². The second-order valence-corrected chi connectivity index (χ2v) is 6.40. The van der Waals surface area contributed by atoms with Gasteiger partial charge in [0.2, 0.25) is 5.89 Å². The molecule has 0 fully saturated rings. The van der Waals surface area contributed by atoms with Gasteiger partial charge in [0.05, 0.1) is 11.3 Å². The molecule has 0 saturated heterocycles. The van der Waals surface area contributed by atoms with Crippen LogP contribution in [-0.4, -0.2) is 21.1 Å². The molecular formula is C20H19N3O5. The highest BCUT2D eigenvalue weighted by Gasteiger charge is 2.21. The SMILES string of the molecule is C[C@H](CC(=O)O[C@H](C)c1nnc(-c2ccc([N+](=O)[O-])cc2)o1)c1ccccc1. The molecule has 0 amide bonds. The summed E-state index contributed by atoms with van der Waals surface area (Å²) in [6, 6.07) is 15.5. The summed E-state index contributed by atoms with van der Waals surface area (Å²) >= 11 is 0. The number of nitrogens with zero attached hydrogens (tertiary/aromatic N) is 3. The molecule has 2 aromatic carbocycles. The Morgan fingerprint density at radius 2 is 1.79 bits per heavy atom. The lowest BCUT2D eigenvalue weighted by molar-refractivity contribution is -0.384. The average Bonchev–Trinajstić information content (AvgIpc) is 3.19.